The van der Waals surface area contributed by atoms with E-state index in [1.807, 2.05) is 12.3 Å². The van der Waals surface area contributed by atoms with Gasteiger partial charge in [0, 0.05) is 46.0 Å². The molecule has 0 atom stereocenters. The number of hydrogen-bond donors (Lipinski definition) is 0. The molecule has 1 aliphatic heterocycles. The Hall–Kier alpha value is -1.95. The lowest BCUT2D eigenvalue weighted by molar-refractivity contribution is 0.242. The first kappa shape index (κ1) is 13.7. The van der Waals surface area contributed by atoms with Crippen molar-refractivity contribution in [3.05, 3.63) is 35.5 Å². The van der Waals surface area contributed by atoms with Gasteiger partial charge in [-0.05, 0) is 30.9 Å². The van der Waals surface area contributed by atoms with E-state index in [2.05, 4.69) is 36.6 Å². The first-order valence-electron chi connectivity index (χ1n) is 8.08. The van der Waals surface area contributed by atoms with E-state index in [1.54, 1.807) is 6.33 Å². The molecule has 0 radical (unpaired) electrons. The van der Waals surface area contributed by atoms with Crippen LogP contribution in [0.15, 0.2) is 18.6 Å². The van der Waals surface area contributed by atoms with E-state index in [4.69, 9.17) is 0 Å². The first-order chi connectivity index (χ1) is 10.8. The molecule has 0 aromatic carbocycles. The van der Waals surface area contributed by atoms with E-state index >= 15 is 0 Å². The van der Waals surface area contributed by atoms with Gasteiger partial charge in [-0.3, -0.25) is 9.58 Å². The number of aromatic nitrogens is 4. The highest BCUT2D eigenvalue weighted by Crippen LogP contribution is 2.25. The van der Waals surface area contributed by atoms with Crippen LogP contribution in [0.1, 0.15) is 23.4 Å². The van der Waals surface area contributed by atoms with Crippen molar-refractivity contribution in [1.82, 2.24) is 24.6 Å². The highest BCUT2D eigenvalue weighted by molar-refractivity contribution is 5.37. The standard InChI is InChI=1S/C16H22N6/c1-20-15(13-3-2-4-14(13)19-20)11-21-7-9-22(10-8-21)16-5-6-17-12-18-16/h5-6,12H,2-4,7-11H2,1H3. The monoisotopic (exact) mass is 298 g/mol. The van der Waals surface area contributed by atoms with Crippen LogP contribution in [0.5, 0.6) is 0 Å². The normalized spacial score (nSPS) is 18.7. The Balaban J connectivity index is 1.41. The van der Waals surface area contributed by atoms with Crippen molar-refractivity contribution in [2.24, 2.45) is 7.05 Å². The fraction of sp³-hybridized carbons (Fsp3) is 0.562. The third-order valence-corrected chi connectivity index (χ3v) is 4.83. The number of nitrogens with zero attached hydrogens (tertiary/aromatic N) is 6. The molecule has 1 saturated heterocycles. The summed E-state index contributed by atoms with van der Waals surface area (Å²) in [7, 11) is 2.09. The topological polar surface area (TPSA) is 50.1 Å². The second kappa shape index (κ2) is 5.68. The van der Waals surface area contributed by atoms with Crippen molar-refractivity contribution in [3.8, 4) is 0 Å². The maximum atomic E-state index is 4.68. The van der Waals surface area contributed by atoms with Crippen LogP contribution in [0, 0.1) is 0 Å². The van der Waals surface area contributed by atoms with Crippen LogP contribution in [0.25, 0.3) is 0 Å². The molecule has 0 unspecified atom stereocenters. The average Bonchev–Trinajstić information content (AvgIpc) is 3.12. The van der Waals surface area contributed by atoms with Crippen LogP contribution in [-0.2, 0) is 26.4 Å². The molecule has 22 heavy (non-hydrogen) atoms. The summed E-state index contributed by atoms with van der Waals surface area (Å²) >= 11 is 0. The van der Waals surface area contributed by atoms with E-state index in [1.165, 1.54) is 29.8 Å². The zero-order valence-electron chi connectivity index (χ0n) is 13.1. The van der Waals surface area contributed by atoms with Gasteiger partial charge in [0.2, 0.25) is 0 Å². The zero-order valence-corrected chi connectivity index (χ0v) is 13.1. The summed E-state index contributed by atoms with van der Waals surface area (Å²) < 4.78 is 2.10. The van der Waals surface area contributed by atoms with E-state index in [9.17, 15) is 0 Å². The maximum Gasteiger partial charge on any atom is 0.131 e. The summed E-state index contributed by atoms with van der Waals surface area (Å²) in [6.45, 7) is 5.22. The van der Waals surface area contributed by atoms with Crippen molar-refractivity contribution in [3.63, 3.8) is 0 Å². The van der Waals surface area contributed by atoms with E-state index < -0.39 is 0 Å². The quantitative estimate of drug-likeness (QED) is 0.847. The number of piperazine rings is 1. The second-order valence-electron chi connectivity index (χ2n) is 6.18. The van der Waals surface area contributed by atoms with Crippen LogP contribution in [0.2, 0.25) is 0 Å². The first-order valence-corrected chi connectivity index (χ1v) is 8.08. The molecular weight excluding hydrogens is 276 g/mol. The number of fused-ring (bicyclic) bond motifs is 1. The molecule has 6 nitrogen and oxygen atoms in total. The van der Waals surface area contributed by atoms with Gasteiger partial charge in [-0.25, -0.2) is 9.97 Å². The molecule has 4 rings (SSSR count). The molecule has 1 aliphatic carbocycles. The summed E-state index contributed by atoms with van der Waals surface area (Å²) in [5, 5.41) is 4.68. The summed E-state index contributed by atoms with van der Waals surface area (Å²) in [5.74, 6) is 1.04. The van der Waals surface area contributed by atoms with Gasteiger partial charge >= 0.3 is 0 Å². The minimum atomic E-state index is 1.02. The van der Waals surface area contributed by atoms with Crippen LogP contribution < -0.4 is 4.90 Å². The van der Waals surface area contributed by atoms with Crippen molar-refractivity contribution in [2.75, 3.05) is 31.1 Å². The molecule has 2 aromatic heterocycles. The molecule has 2 aliphatic rings. The predicted octanol–water partition coefficient (Wildman–Crippen LogP) is 1.02. The van der Waals surface area contributed by atoms with Gasteiger partial charge in [-0.2, -0.15) is 5.10 Å². The van der Waals surface area contributed by atoms with Gasteiger partial charge in [0.25, 0.3) is 0 Å². The lowest BCUT2D eigenvalue weighted by Gasteiger charge is -2.35. The summed E-state index contributed by atoms with van der Waals surface area (Å²) in [4.78, 5) is 13.2. The van der Waals surface area contributed by atoms with Gasteiger partial charge in [-0.1, -0.05) is 0 Å². The van der Waals surface area contributed by atoms with Crippen LogP contribution in [0.3, 0.4) is 0 Å². The zero-order chi connectivity index (χ0) is 14.9. The van der Waals surface area contributed by atoms with E-state index in [0.29, 0.717) is 0 Å². The Morgan fingerprint density at radius 3 is 2.77 bits per heavy atom. The number of aryl methyl sites for hydroxylation is 2. The molecule has 116 valence electrons. The molecular formula is C16H22N6. The Kier molecular flexibility index (Phi) is 3.54. The van der Waals surface area contributed by atoms with Gasteiger partial charge in [0.1, 0.15) is 12.1 Å². The fourth-order valence-electron chi connectivity index (χ4n) is 3.60. The van der Waals surface area contributed by atoms with E-state index in [0.717, 1.165) is 45.0 Å². The Morgan fingerprint density at radius 2 is 2.00 bits per heavy atom. The fourth-order valence-corrected chi connectivity index (χ4v) is 3.60. The third-order valence-electron chi connectivity index (χ3n) is 4.83. The number of rotatable bonds is 3. The molecule has 0 spiro atoms. The van der Waals surface area contributed by atoms with Crippen molar-refractivity contribution >= 4 is 5.82 Å². The summed E-state index contributed by atoms with van der Waals surface area (Å²) in [6, 6.07) is 1.99. The lowest BCUT2D eigenvalue weighted by atomic mass is 10.2. The predicted molar refractivity (Wildman–Crippen MR) is 84.8 cm³/mol. The van der Waals surface area contributed by atoms with Crippen molar-refractivity contribution in [1.29, 1.82) is 0 Å². The van der Waals surface area contributed by atoms with Gasteiger partial charge in [0.05, 0.1) is 11.4 Å². The van der Waals surface area contributed by atoms with Gasteiger partial charge < -0.3 is 4.90 Å². The molecule has 0 saturated carbocycles. The average molecular weight is 298 g/mol. The van der Waals surface area contributed by atoms with Gasteiger partial charge in [-0.15, -0.1) is 0 Å². The molecule has 3 heterocycles. The third kappa shape index (κ3) is 2.47. The summed E-state index contributed by atoms with van der Waals surface area (Å²) in [6.07, 6.45) is 7.07. The minimum Gasteiger partial charge on any atom is -0.354 e. The molecule has 2 aromatic rings. The SMILES string of the molecule is Cn1nc2c(c1CN1CCN(c3ccncn3)CC1)CCC2. The molecule has 0 bridgehead atoms. The highest BCUT2D eigenvalue weighted by atomic mass is 15.3. The second-order valence-corrected chi connectivity index (χ2v) is 6.18. The minimum absolute atomic E-state index is 1.02. The lowest BCUT2D eigenvalue weighted by Crippen LogP contribution is -2.46. The number of anilines is 1. The number of hydrogen-bond acceptors (Lipinski definition) is 5. The Bertz CT molecular complexity index is 642. The van der Waals surface area contributed by atoms with Crippen molar-refractivity contribution < 1.29 is 0 Å². The molecule has 1 fully saturated rings. The highest BCUT2D eigenvalue weighted by Gasteiger charge is 2.24. The Labute approximate surface area is 130 Å². The molecule has 0 N–H and O–H groups in total. The maximum absolute atomic E-state index is 4.68. The van der Waals surface area contributed by atoms with Crippen LogP contribution in [0.4, 0.5) is 5.82 Å². The molecule has 0 amide bonds. The van der Waals surface area contributed by atoms with Crippen molar-refractivity contribution in [2.45, 2.75) is 25.8 Å². The van der Waals surface area contributed by atoms with E-state index in [-0.39, 0.29) is 0 Å². The smallest absolute Gasteiger partial charge is 0.131 e. The van der Waals surface area contributed by atoms with Gasteiger partial charge in [0.15, 0.2) is 0 Å². The Morgan fingerprint density at radius 1 is 1.14 bits per heavy atom. The summed E-state index contributed by atoms with van der Waals surface area (Å²) in [5.41, 5.74) is 4.26. The largest absolute Gasteiger partial charge is 0.354 e. The molecule has 6 heteroatoms. The van der Waals surface area contributed by atoms with Crippen LogP contribution >= 0.6 is 0 Å². The van der Waals surface area contributed by atoms with Crippen LogP contribution in [-0.4, -0.2) is 50.8 Å².